The number of imidazole rings is 1. The van der Waals surface area contributed by atoms with Gasteiger partial charge in [0.1, 0.15) is 0 Å². The lowest BCUT2D eigenvalue weighted by molar-refractivity contribution is 0.100. The lowest BCUT2D eigenvalue weighted by atomic mass is 10.1. The standard InChI is InChI=1S/C26H29N7O/c1-17-15-32(16-18(2)31(17)3)22-10-8-21(9-11-22)30-25-26-28-12-13-33(26)23(14-29-25)19-4-6-20(7-5-19)24(27)34/h4-14,17-18H,15-16H2,1-3H3,(H2,27,34)(H,29,30). The normalized spacial score (nSPS) is 18.9. The predicted octanol–water partition coefficient (Wildman–Crippen LogP) is 3.77. The Morgan fingerprint density at radius 3 is 2.32 bits per heavy atom. The zero-order chi connectivity index (χ0) is 23.8. The molecule has 0 radical (unpaired) electrons. The van der Waals surface area contributed by atoms with Crippen LogP contribution in [0.2, 0.25) is 0 Å². The third-order valence-electron chi connectivity index (χ3n) is 6.75. The Labute approximate surface area is 199 Å². The molecule has 0 bridgehead atoms. The van der Waals surface area contributed by atoms with Gasteiger partial charge in [-0.05, 0) is 57.3 Å². The molecule has 174 valence electrons. The average Bonchev–Trinajstić information content (AvgIpc) is 3.33. The Morgan fingerprint density at radius 1 is 1.00 bits per heavy atom. The number of rotatable bonds is 5. The minimum absolute atomic E-state index is 0.445. The maximum atomic E-state index is 11.4. The smallest absolute Gasteiger partial charge is 0.248 e. The van der Waals surface area contributed by atoms with E-state index in [1.165, 1.54) is 5.69 Å². The van der Waals surface area contributed by atoms with Crippen molar-refractivity contribution in [3.63, 3.8) is 0 Å². The second kappa shape index (κ2) is 8.79. The summed E-state index contributed by atoms with van der Waals surface area (Å²) in [5, 5.41) is 3.41. The third kappa shape index (κ3) is 4.08. The summed E-state index contributed by atoms with van der Waals surface area (Å²) in [6.45, 7) is 6.59. The number of likely N-dealkylation sites (N-methyl/N-ethyl adjacent to an activating group) is 1. The van der Waals surface area contributed by atoms with Crippen molar-refractivity contribution in [3.05, 3.63) is 72.7 Å². The Morgan fingerprint density at radius 2 is 1.68 bits per heavy atom. The number of aromatic nitrogens is 3. The number of anilines is 3. The SMILES string of the molecule is CC1CN(c2ccc(Nc3ncc(-c4ccc(C(N)=O)cc4)n4ccnc34)cc2)CC(C)N1C. The number of nitrogens with two attached hydrogens (primary N) is 1. The molecule has 8 nitrogen and oxygen atoms in total. The number of benzene rings is 2. The first-order valence-electron chi connectivity index (χ1n) is 11.5. The summed E-state index contributed by atoms with van der Waals surface area (Å²) in [6, 6.07) is 16.7. The first kappa shape index (κ1) is 21.9. The number of nitrogens with one attached hydrogen (secondary N) is 1. The van der Waals surface area contributed by atoms with Crippen LogP contribution in [0.25, 0.3) is 16.9 Å². The van der Waals surface area contributed by atoms with Crippen LogP contribution in [0.3, 0.4) is 0 Å². The van der Waals surface area contributed by atoms with Gasteiger partial charge in [0.15, 0.2) is 11.5 Å². The van der Waals surface area contributed by atoms with Crippen molar-refractivity contribution in [2.45, 2.75) is 25.9 Å². The van der Waals surface area contributed by atoms with E-state index in [2.05, 4.69) is 70.2 Å². The van der Waals surface area contributed by atoms with Crippen LogP contribution < -0.4 is 16.0 Å². The number of hydrogen-bond donors (Lipinski definition) is 2. The first-order chi connectivity index (χ1) is 16.4. The minimum Gasteiger partial charge on any atom is -0.368 e. The van der Waals surface area contributed by atoms with Gasteiger partial charge in [0.25, 0.3) is 0 Å². The molecule has 8 heteroatoms. The molecular weight excluding hydrogens is 426 g/mol. The maximum absolute atomic E-state index is 11.4. The van der Waals surface area contributed by atoms with Gasteiger partial charge >= 0.3 is 0 Å². The molecule has 3 heterocycles. The van der Waals surface area contributed by atoms with Crippen LogP contribution in [-0.2, 0) is 0 Å². The molecule has 1 aliphatic rings. The summed E-state index contributed by atoms with van der Waals surface area (Å²) >= 11 is 0. The van der Waals surface area contributed by atoms with Gasteiger partial charge < -0.3 is 16.0 Å². The average molecular weight is 456 g/mol. The van der Waals surface area contributed by atoms with Gasteiger partial charge in [-0.2, -0.15) is 0 Å². The number of amides is 1. The number of primary amides is 1. The van der Waals surface area contributed by atoms with Crippen LogP contribution >= 0.6 is 0 Å². The monoisotopic (exact) mass is 455 g/mol. The molecule has 1 saturated heterocycles. The number of carbonyl (C=O) groups is 1. The molecule has 4 aromatic rings. The molecule has 1 fully saturated rings. The van der Waals surface area contributed by atoms with Gasteiger partial charge in [-0.25, -0.2) is 9.97 Å². The van der Waals surface area contributed by atoms with Crippen molar-refractivity contribution < 1.29 is 4.79 Å². The van der Waals surface area contributed by atoms with E-state index in [0.717, 1.165) is 35.7 Å². The quantitative estimate of drug-likeness (QED) is 0.476. The summed E-state index contributed by atoms with van der Waals surface area (Å²) in [5.41, 5.74) is 10.5. The molecule has 0 spiro atoms. The fourth-order valence-electron chi connectivity index (χ4n) is 4.53. The molecule has 0 saturated carbocycles. The largest absolute Gasteiger partial charge is 0.368 e. The van der Waals surface area contributed by atoms with Crippen molar-refractivity contribution in [2.75, 3.05) is 30.4 Å². The Hall–Kier alpha value is -3.91. The van der Waals surface area contributed by atoms with Crippen LogP contribution in [-0.4, -0.2) is 57.4 Å². The predicted molar refractivity (Wildman–Crippen MR) is 136 cm³/mol. The van der Waals surface area contributed by atoms with Crippen molar-refractivity contribution in [3.8, 4) is 11.3 Å². The highest BCUT2D eigenvalue weighted by molar-refractivity contribution is 5.93. The number of piperazine rings is 1. The lowest BCUT2D eigenvalue weighted by Gasteiger charge is -2.43. The summed E-state index contributed by atoms with van der Waals surface area (Å²) in [5.74, 6) is 0.233. The van der Waals surface area contributed by atoms with E-state index < -0.39 is 5.91 Å². The summed E-state index contributed by atoms with van der Waals surface area (Å²) in [6.07, 6.45) is 5.46. The van der Waals surface area contributed by atoms with E-state index in [-0.39, 0.29) is 0 Å². The van der Waals surface area contributed by atoms with E-state index in [4.69, 9.17) is 5.73 Å². The van der Waals surface area contributed by atoms with Crippen molar-refractivity contribution in [1.82, 2.24) is 19.3 Å². The first-order valence-corrected chi connectivity index (χ1v) is 11.5. The Kier molecular flexibility index (Phi) is 5.67. The highest BCUT2D eigenvalue weighted by atomic mass is 16.1. The lowest BCUT2D eigenvalue weighted by Crippen LogP contribution is -2.55. The zero-order valence-corrected chi connectivity index (χ0v) is 19.6. The fraction of sp³-hybridized carbons (Fsp3) is 0.269. The van der Waals surface area contributed by atoms with Crippen molar-refractivity contribution >= 4 is 28.7 Å². The highest BCUT2D eigenvalue weighted by Gasteiger charge is 2.26. The topological polar surface area (TPSA) is 91.8 Å². The number of nitrogens with zero attached hydrogens (tertiary/aromatic N) is 5. The van der Waals surface area contributed by atoms with Gasteiger partial charge in [-0.15, -0.1) is 0 Å². The molecule has 1 amide bonds. The molecule has 2 aromatic heterocycles. The summed E-state index contributed by atoms with van der Waals surface area (Å²) < 4.78 is 1.98. The van der Waals surface area contributed by atoms with Crippen molar-refractivity contribution in [1.29, 1.82) is 0 Å². The van der Waals surface area contributed by atoms with E-state index in [0.29, 0.717) is 23.5 Å². The fourth-order valence-corrected chi connectivity index (χ4v) is 4.53. The molecule has 2 atom stereocenters. The number of carbonyl (C=O) groups excluding carboxylic acids is 1. The van der Waals surface area contributed by atoms with E-state index in [1.807, 2.05) is 22.7 Å². The molecule has 2 unspecified atom stereocenters. The van der Waals surface area contributed by atoms with Gasteiger partial charge in [-0.1, -0.05) is 12.1 Å². The number of fused-ring (bicyclic) bond motifs is 1. The molecule has 2 aromatic carbocycles. The van der Waals surface area contributed by atoms with Gasteiger partial charge in [0, 0.05) is 60.1 Å². The van der Waals surface area contributed by atoms with Crippen molar-refractivity contribution in [2.24, 2.45) is 5.73 Å². The third-order valence-corrected chi connectivity index (χ3v) is 6.75. The second-order valence-corrected chi connectivity index (χ2v) is 8.99. The van der Waals surface area contributed by atoms with Crippen LogP contribution in [0.4, 0.5) is 17.2 Å². The van der Waals surface area contributed by atoms with Crippen LogP contribution in [0.5, 0.6) is 0 Å². The van der Waals surface area contributed by atoms with E-state index in [1.54, 1.807) is 24.5 Å². The van der Waals surface area contributed by atoms with Gasteiger partial charge in [0.2, 0.25) is 5.91 Å². The Bertz CT molecular complexity index is 1300. The van der Waals surface area contributed by atoms with Crippen LogP contribution in [0, 0.1) is 0 Å². The summed E-state index contributed by atoms with van der Waals surface area (Å²) in [7, 11) is 2.20. The van der Waals surface area contributed by atoms with Gasteiger partial charge in [-0.3, -0.25) is 14.1 Å². The highest BCUT2D eigenvalue weighted by Crippen LogP contribution is 2.27. The van der Waals surface area contributed by atoms with E-state index in [9.17, 15) is 4.79 Å². The maximum Gasteiger partial charge on any atom is 0.248 e. The molecular formula is C26H29N7O. The summed E-state index contributed by atoms with van der Waals surface area (Å²) in [4.78, 5) is 25.4. The zero-order valence-electron chi connectivity index (χ0n) is 19.6. The molecule has 34 heavy (non-hydrogen) atoms. The minimum atomic E-state index is -0.445. The molecule has 5 rings (SSSR count). The van der Waals surface area contributed by atoms with Crippen LogP contribution in [0.15, 0.2) is 67.1 Å². The molecule has 3 N–H and O–H groups in total. The van der Waals surface area contributed by atoms with Gasteiger partial charge in [0.05, 0.1) is 11.9 Å². The molecule has 1 aliphatic heterocycles. The number of hydrogen-bond acceptors (Lipinski definition) is 6. The molecule has 0 aliphatic carbocycles. The van der Waals surface area contributed by atoms with Crippen LogP contribution in [0.1, 0.15) is 24.2 Å². The second-order valence-electron chi connectivity index (χ2n) is 8.99. The van der Waals surface area contributed by atoms with E-state index >= 15 is 0 Å². The Balaban J connectivity index is 1.37.